The van der Waals surface area contributed by atoms with E-state index in [9.17, 15) is 9.59 Å². The number of amides is 2. The van der Waals surface area contributed by atoms with Crippen LogP contribution in [0.3, 0.4) is 0 Å². The van der Waals surface area contributed by atoms with Crippen molar-refractivity contribution in [3.63, 3.8) is 0 Å². The minimum atomic E-state index is -0.848. The molecule has 0 unspecified atom stereocenters. The average molecular weight is 233 g/mol. The normalized spacial score (nSPS) is 11.4. The fraction of sp³-hybridized carbons (Fsp3) is 0.818. The van der Waals surface area contributed by atoms with Crippen LogP contribution in [0.4, 0.5) is 0 Å². The van der Waals surface area contributed by atoms with Crippen LogP contribution in [0.2, 0.25) is 0 Å². The van der Waals surface area contributed by atoms with Gasteiger partial charge in [0.15, 0.2) is 0 Å². The first-order chi connectivity index (χ1) is 7.29. The summed E-state index contributed by atoms with van der Waals surface area (Å²) in [6.07, 6.45) is 0.383. The fourth-order valence-corrected chi connectivity index (χ4v) is 1.11. The van der Waals surface area contributed by atoms with Gasteiger partial charge < -0.3 is 15.5 Å². The van der Waals surface area contributed by atoms with Crippen LogP contribution >= 0.6 is 0 Å². The molecule has 0 aliphatic heterocycles. The summed E-state index contributed by atoms with van der Waals surface area (Å²) in [5.74, 6) is -0.274. The van der Waals surface area contributed by atoms with E-state index in [0.29, 0.717) is 13.0 Å². The molecule has 5 heteroatoms. The SMILES string of the molecule is CCC(=O)NC(C)(C)C(=O)NCCN(C)C.[HH].[HH]. The Bertz CT molecular complexity index is 259. The first-order valence-corrected chi connectivity index (χ1v) is 5.53. The summed E-state index contributed by atoms with van der Waals surface area (Å²) in [5.41, 5.74) is -0.848. The van der Waals surface area contributed by atoms with Gasteiger partial charge in [-0.1, -0.05) is 6.92 Å². The largest absolute Gasteiger partial charge is 0.353 e. The number of rotatable bonds is 6. The summed E-state index contributed by atoms with van der Waals surface area (Å²) in [7, 11) is 3.88. The monoisotopic (exact) mass is 233 g/mol. The zero-order chi connectivity index (χ0) is 12.8. The number of nitrogens with one attached hydrogen (secondary N) is 2. The van der Waals surface area contributed by atoms with Gasteiger partial charge in [-0.15, -0.1) is 0 Å². The first-order valence-electron chi connectivity index (χ1n) is 5.53. The Morgan fingerprint density at radius 3 is 2.31 bits per heavy atom. The zero-order valence-corrected chi connectivity index (χ0v) is 10.9. The standard InChI is InChI=1S/C11H23N3O2.2H2/c1-6-9(15)13-11(2,3)10(16)12-7-8-14(4)5;;/h6-8H2,1-5H3,(H,12,16)(H,13,15);2*1H. The third-order valence-electron chi connectivity index (χ3n) is 2.19. The van der Waals surface area contributed by atoms with E-state index in [1.807, 2.05) is 19.0 Å². The molecule has 0 rings (SSSR count). The summed E-state index contributed by atoms with van der Waals surface area (Å²) >= 11 is 0. The highest BCUT2D eigenvalue weighted by Gasteiger charge is 2.28. The smallest absolute Gasteiger partial charge is 0.245 e. The number of nitrogens with zero attached hydrogens (tertiary/aromatic N) is 1. The van der Waals surface area contributed by atoms with E-state index in [1.54, 1.807) is 20.8 Å². The molecule has 0 aromatic rings. The minimum Gasteiger partial charge on any atom is -0.353 e. The van der Waals surface area contributed by atoms with Crippen molar-refractivity contribution in [2.75, 3.05) is 27.2 Å². The van der Waals surface area contributed by atoms with Crippen molar-refractivity contribution in [2.24, 2.45) is 0 Å². The second kappa shape index (κ2) is 6.48. The Hall–Kier alpha value is -1.10. The van der Waals surface area contributed by atoms with E-state index >= 15 is 0 Å². The van der Waals surface area contributed by atoms with Gasteiger partial charge in [0.1, 0.15) is 5.54 Å². The lowest BCUT2D eigenvalue weighted by atomic mass is 10.0. The Balaban J connectivity index is -0.00000112. The third kappa shape index (κ3) is 5.70. The number of likely N-dealkylation sites (N-methyl/N-ethyl adjacent to an activating group) is 1. The van der Waals surface area contributed by atoms with Crippen molar-refractivity contribution >= 4 is 11.8 Å². The summed E-state index contributed by atoms with van der Waals surface area (Å²) in [6, 6.07) is 0. The molecule has 2 amide bonds. The van der Waals surface area contributed by atoms with Gasteiger partial charge in [-0.25, -0.2) is 0 Å². The molecule has 0 heterocycles. The maximum atomic E-state index is 11.8. The van der Waals surface area contributed by atoms with Crippen LogP contribution < -0.4 is 10.6 Å². The molecule has 0 radical (unpaired) electrons. The maximum Gasteiger partial charge on any atom is 0.245 e. The highest BCUT2D eigenvalue weighted by atomic mass is 16.2. The molecule has 2 N–H and O–H groups in total. The van der Waals surface area contributed by atoms with E-state index in [4.69, 9.17) is 0 Å². The van der Waals surface area contributed by atoms with Gasteiger partial charge in [0, 0.05) is 22.4 Å². The molecule has 0 aromatic carbocycles. The Kier molecular flexibility index (Phi) is 6.03. The van der Waals surface area contributed by atoms with Crippen molar-refractivity contribution in [3.05, 3.63) is 0 Å². The van der Waals surface area contributed by atoms with Crippen LogP contribution in [-0.4, -0.2) is 49.4 Å². The molecular weight excluding hydrogens is 206 g/mol. The molecular formula is C11H27N3O2. The van der Waals surface area contributed by atoms with Crippen molar-refractivity contribution in [2.45, 2.75) is 32.7 Å². The molecule has 0 aromatic heterocycles. The van der Waals surface area contributed by atoms with E-state index in [0.717, 1.165) is 6.54 Å². The number of hydrogen-bond donors (Lipinski definition) is 2. The van der Waals surface area contributed by atoms with Gasteiger partial charge in [0.2, 0.25) is 11.8 Å². The van der Waals surface area contributed by atoms with Gasteiger partial charge in [-0.05, 0) is 27.9 Å². The molecule has 0 bridgehead atoms. The summed E-state index contributed by atoms with van der Waals surface area (Å²) in [6.45, 7) is 6.52. The molecule has 0 atom stereocenters. The highest BCUT2D eigenvalue weighted by Crippen LogP contribution is 2.02. The minimum absolute atomic E-state index is 0. The van der Waals surface area contributed by atoms with Gasteiger partial charge in [0.05, 0.1) is 0 Å². The Labute approximate surface area is 101 Å². The summed E-state index contributed by atoms with van der Waals surface area (Å²) < 4.78 is 0. The molecule has 16 heavy (non-hydrogen) atoms. The quantitative estimate of drug-likeness (QED) is 0.700. The number of hydrogen-bond acceptors (Lipinski definition) is 3. The first kappa shape index (κ1) is 14.9. The predicted octanol–water partition coefficient (Wildman–Crippen LogP) is 0.461. The third-order valence-corrected chi connectivity index (χ3v) is 2.19. The molecule has 0 aliphatic rings. The topological polar surface area (TPSA) is 61.4 Å². The van der Waals surface area contributed by atoms with E-state index in [2.05, 4.69) is 10.6 Å². The van der Waals surface area contributed by atoms with E-state index < -0.39 is 5.54 Å². The fourth-order valence-electron chi connectivity index (χ4n) is 1.11. The molecule has 0 saturated carbocycles. The second-order valence-corrected chi connectivity index (χ2v) is 4.59. The van der Waals surface area contributed by atoms with Gasteiger partial charge in [0.25, 0.3) is 0 Å². The molecule has 0 spiro atoms. The molecule has 0 fully saturated rings. The number of carbonyl (C=O) groups excluding carboxylic acids is 2. The summed E-state index contributed by atoms with van der Waals surface area (Å²) in [4.78, 5) is 25.0. The molecule has 98 valence electrons. The number of carbonyl (C=O) groups is 2. The van der Waals surface area contributed by atoms with Gasteiger partial charge >= 0.3 is 0 Å². The van der Waals surface area contributed by atoms with E-state index in [-0.39, 0.29) is 14.7 Å². The molecule has 5 nitrogen and oxygen atoms in total. The highest BCUT2D eigenvalue weighted by molar-refractivity contribution is 5.90. The van der Waals surface area contributed by atoms with Crippen molar-refractivity contribution in [1.82, 2.24) is 15.5 Å². The Morgan fingerprint density at radius 2 is 1.88 bits per heavy atom. The lowest BCUT2D eigenvalue weighted by Gasteiger charge is -2.25. The van der Waals surface area contributed by atoms with Crippen LogP contribution in [-0.2, 0) is 9.59 Å². The zero-order valence-electron chi connectivity index (χ0n) is 10.9. The van der Waals surface area contributed by atoms with Crippen molar-refractivity contribution < 1.29 is 12.4 Å². The van der Waals surface area contributed by atoms with Crippen molar-refractivity contribution in [3.8, 4) is 0 Å². The summed E-state index contributed by atoms with van der Waals surface area (Å²) in [5, 5.41) is 5.47. The lowest BCUT2D eigenvalue weighted by molar-refractivity contribution is -0.132. The van der Waals surface area contributed by atoms with Crippen LogP contribution in [0, 0.1) is 0 Å². The van der Waals surface area contributed by atoms with Crippen LogP contribution in [0.15, 0.2) is 0 Å². The van der Waals surface area contributed by atoms with Crippen LogP contribution in [0.1, 0.15) is 30.0 Å². The van der Waals surface area contributed by atoms with Crippen LogP contribution in [0.25, 0.3) is 0 Å². The Morgan fingerprint density at radius 1 is 1.31 bits per heavy atom. The molecule has 0 saturated heterocycles. The predicted molar refractivity (Wildman–Crippen MR) is 68.3 cm³/mol. The van der Waals surface area contributed by atoms with Crippen LogP contribution in [0.5, 0.6) is 0 Å². The molecule has 0 aliphatic carbocycles. The van der Waals surface area contributed by atoms with Gasteiger partial charge in [-0.2, -0.15) is 0 Å². The van der Waals surface area contributed by atoms with Crippen molar-refractivity contribution in [1.29, 1.82) is 0 Å². The van der Waals surface area contributed by atoms with Gasteiger partial charge in [-0.3, -0.25) is 9.59 Å². The lowest BCUT2D eigenvalue weighted by Crippen LogP contribution is -2.55. The van der Waals surface area contributed by atoms with E-state index in [1.165, 1.54) is 0 Å². The maximum absolute atomic E-state index is 11.8. The average Bonchev–Trinajstić information content (AvgIpc) is 2.16. The second-order valence-electron chi connectivity index (χ2n) is 4.59.